The first-order chi connectivity index (χ1) is 10.0. The van der Waals surface area contributed by atoms with Gasteiger partial charge in [-0.15, -0.1) is 0 Å². The minimum atomic E-state index is -0.512. The first kappa shape index (κ1) is 14.9. The maximum Gasteiger partial charge on any atom is 0.293 e. The summed E-state index contributed by atoms with van der Waals surface area (Å²) in [5.74, 6) is 0.590. The summed E-state index contributed by atoms with van der Waals surface area (Å²) in [6, 6.07) is 9.23. The number of nitro benzene ring substituents is 1. The zero-order valence-corrected chi connectivity index (χ0v) is 11.9. The lowest BCUT2D eigenvalue weighted by Gasteiger charge is -2.10. The number of halogens is 1. The van der Waals surface area contributed by atoms with Crippen LogP contribution < -0.4 is 10.1 Å². The molecule has 0 spiro atoms. The standard InChI is InChI=1S/C14H13ClN2O4/c1-21-11-4-2-9(14(18)7-11)8-16-12-5-3-10(15)6-13(12)17(19)20/h2-7,16,18H,8H2,1H3. The van der Waals surface area contributed by atoms with Gasteiger partial charge in [0.2, 0.25) is 0 Å². The first-order valence-electron chi connectivity index (χ1n) is 6.05. The summed E-state index contributed by atoms with van der Waals surface area (Å²) >= 11 is 5.75. The highest BCUT2D eigenvalue weighted by atomic mass is 35.5. The van der Waals surface area contributed by atoms with Crippen molar-refractivity contribution in [1.82, 2.24) is 0 Å². The molecule has 0 aliphatic carbocycles. The van der Waals surface area contributed by atoms with Crippen LogP contribution in [0.4, 0.5) is 11.4 Å². The summed E-state index contributed by atoms with van der Waals surface area (Å²) in [6.07, 6.45) is 0. The molecule has 6 nitrogen and oxygen atoms in total. The highest BCUT2D eigenvalue weighted by molar-refractivity contribution is 6.30. The van der Waals surface area contributed by atoms with Crippen LogP contribution in [0.5, 0.6) is 11.5 Å². The Kier molecular flexibility index (Phi) is 4.49. The van der Waals surface area contributed by atoms with Gasteiger partial charge in [0.05, 0.1) is 12.0 Å². The van der Waals surface area contributed by atoms with Gasteiger partial charge < -0.3 is 15.2 Å². The normalized spacial score (nSPS) is 10.2. The Morgan fingerprint density at radius 3 is 2.71 bits per heavy atom. The van der Waals surface area contributed by atoms with Crippen molar-refractivity contribution in [3.05, 3.63) is 57.1 Å². The zero-order valence-electron chi connectivity index (χ0n) is 11.2. The molecule has 0 unspecified atom stereocenters. The molecule has 2 N–H and O–H groups in total. The summed E-state index contributed by atoms with van der Waals surface area (Å²) in [5, 5.41) is 24.0. The smallest absolute Gasteiger partial charge is 0.293 e. The van der Waals surface area contributed by atoms with E-state index < -0.39 is 4.92 Å². The van der Waals surface area contributed by atoms with Crippen molar-refractivity contribution >= 4 is 23.0 Å². The predicted molar refractivity (Wildman–Crippen MR) is 80.1 cm³/mol. The molecule has 0 saturated carbocycles. The second-order valence-corrected chi connectivity index (χ2v) is 4.70. The highest BCUT2D eigenvalue weighted by Crippen LogP contribution is 2.29. The second kappa shape index (κ2) is 6.32. The third-order valence-corrected chi connectivity index (χ3v) is 3.15. The number of phenolic OH excluding ortho intramolecular Hbond substituents is 1. The number of nitrogens with one attached hydrogen (secondary N) is 1. The predicted octanol–water partition coefficient (Wildman–Crippen LogP) is 3.57. The van der Waals surface area contributed by atoms with Gasteiger partial charge in [0.25, 0.3) is 5.69 Å². The Balaban J connectivity index is 2.18. The molecule has 7 heteroatoms. The van der Waals surface area contributed by atoms with E-state index >= 15 is 0 Å². The molecule has 2 rings (SSSR count). The van der Waals surface area contributed by atoms with Crippen LogP contribution in [-0.2, 0) is 6.54 Å². The van der Waals surface area contributed by atoms with Crippen molar-refractivity contribution in [3.63, 3.8) is 0 Å². The van der Waals surface area contributed by atoms with Crippen LogP contribution in [0.2, 0.25) is 5.02 Å². The number of ether oxygens (including phenoxy) is 1. The van der Waals surface area contributed by atoms with Crippen molar-refractivity contribution in [1.29, 1.82) is 0 Å². The van der Waals surface area contributed by atoms with E-state index in [2.05, 4.69) is 5.32 Å². The van der Waals surface area contributed by atoms with Gasteiger partial charge in [-0.25, -0.2) is 0 Å². The number of hydrogen-bond donors (Lipinski definition) is 2. The molecule has 0 saturated heterocycles. The zero-order chi connectivity index (χ0) is 15.4. The summed E-state index contributed by atoms with van der Waals surface area (Å²) in [7, 11) is 1.50. The second-order valence-electron chi connectivity index (χ2n) is 4.27. The summed E-state index contributed by atoms with van der Waals surface area (Å²) < 4.78 is 4.99. The van der Waals surface area contributed by atoms with Gasteiger partial charge >= 0.3 is 0 Å². The molecule has 0 atom stereocenters. The van der Waals surface area contributed by atoms with E-state index in [1.54, 1.807) is 18.2 Å². The quantitative estimate of drug-likeness (QED) is 0.651. The molecule has 110 valence electrons. The van der Waals surface area contributed by atoms with Gasteiger partial charge in [-0.1, -0.05) is 11.6 Å². The van der Waals surface area contributed by atoms with Crippen LogP contribution in [-0.4, -0.2) is 17.1 Å². The molecule has 0 heterocycles. The maximum absolute atomic E-state index is 11.0. The molecule has 0 aliphatic heterocycles. The van der Waals surface area contributed by atoms with Crippen molar-refractivity contribution in [2.45, 2.75) is 6.54 Å². The fraction of sp³-hybridized carbons (Fsp3) is 0.143. The number of hydrogen-bond acceptors (Lipinski definition) is 5. The van der Waals surface area contributed by atoms with Crippen molar-refractivity contribution in [3.8, 4) is 11.5 Å². The van der Waals surface area contributed by atoms with Gasteiger partial charge in [0, 0.05) is 29.3 Å². The van der Waals surface area contributed by atoms with E-state index in [1.165, 1.54) is 25.3 Å². The number of rotatable bonds is 5. The fourth-order valence-electron chi connectivity index (χ4n) is 1.82. The molecule has 0 amide bonds. The van der Waals surface area contributed by atoms with E-state index in [-0.39, 0.29) is 18.0 Å². The number of benzene rings is 2. The van der Waals surface area contributed by atoms with Crippen LogP contribution in [0.15, 0.2) is 36.4 Å². The maximum atomic E-state index is 11.0. The van der Waals surface area contributed by atoms with E-state index in [9.17, 15) is 15.2 Å². The average molecular weight is 309 g/mol. The molecule has 0 bridgehead atoms. The van der Waals surface area contributed by atoms with Crippen molar-refractivity contribution < 1.29 is 14.8 Å². The third-order valence-electron chi connectivity index (χ3n) is 2.92. The van der Waals surface area contributed by atoms with Gasteiger partial charge in [0.1, 0.15) is 17.2 Å². The molecule has 0 radical (unpaired) electrons. The molecule has 2 aromatic rings. The lowest BCUT2D eigenvalue weighted by atomic mass is 10.2. The number of aromatic hydroxyl groups is 1. The lowest BCUT2D eigenvalue weighted by molar-refractivity contribution is -0.383. The van der Waals surface area contributed by atoms with Crippen LogP contribution in [0, 0.1) is 10.1 Å². The topological polar surface area (TPSA) is 84.6 Å². The number of methoxy groups -OCH3 is 1. The van der Waals surface area contributed by atoms with Crippen molar-refractivity contribution in [2.24, 2.45) is 0 Å². The average Bonchev–Trinajstić information content (AvgIpc) is 2.46. The molecule has 21 heavy (non-hydrogen) atoms. The Bertz CT molecular complexity index is 676. The largest absolute Gasteiger partial charge is 0.507 e. The monoisotopic (exact) mass is 308 g/mol. The van der Waals surface area contributed by atoms with E-state index in [0.29, 0.717) is 22.0 Å². The SMILES string of the molecule is COc1ccc(CNc2ccc(Cl)cc2[N+](=O)[O-])c(O)c1. The van der Waals surface area contributed by atoms with Crippen LogP contribution >= 0.6 is 11.6 Å². The molecule has 2 aromatic carbocycles. The van der Waals surface area contributed by atoms with Gasteiger partial charge in [-0.05, 0) is 24.3 Å². The minimum absolute atomic E-state index is 0.0541. The Labute approximate surface area is 126 Å². The minimum Gasteiger partial charge on any atom is -0.507 e. The van der Waals surface area contributed by atoms with E-state index in [1.807, 2.05) is 0 Å². The summed E-state index contributed by atoms with van der Waals surface area (Å²) in [4.78, 5) is 10.5. The summed E-state index contributed by atoms with van der Waals surface area (Å²) in [6.45, 7) is 0.234. The van der Waals surface area contributed by atoms with Gasteiger partial charge in [-0.2, -0.15) is 0 Å². The number of nitro groups is 1. The van der Waals surface area contributed by atoms with Crippen LogP contribution in [0.3, 0.4) is 0 Å². The Morgan fingerprint density at radius 2 is 2.10 bits per heavy atom. The van der Waals surface area contributed by atoms with E-state index in [4.69, 9.17) is 16.3 Å². The van der Waals surface area contributed by atoms with Crippen molar-refractivity contribution in [2.75, 3.05) is 12.4 Å². The first-order valence-corrected chi connectivity index (χ1v) is 6.42. The van der Waals surface area contributed by atoms with Crippen LogP contribution in [0.1, 0.15) is 5.56 Å². The van der Waals surface area contributed by atoms with Crippen LogP contribution in [0.25, 0.3) is 0 Å². The third kappa shape index (κ3) is 3.55. The molecular formula is C14H13ClN2O4. The lowest BCUT2D eigenvalue weighted by Crippen LogP contribution is -2.03. The van der Waals surface area contributed by atoms with E-state index in [0.717, 1.165) is 0 Å². The molecule has 0 aromatic heterocycles. The number of anilines is 1. The Hall–Kier alpha value is -2.47. The Morgan fingerprint density at radius 1 is 1.33 bits per heavy atom. The highest BCUT2D eigenvalue weighted by Gasteiger charge is 2.14. The number of phenols is 1. The number of nitrogens with zero attached hydrogens (tertiary/aromatic N) is 1. The molecular weight excluding hydrogens is 296 g/mol. The molecule has 0 aliphatic rings. The van der Waals surface area contributed by atoms with Gasteiger partial charge in [0.15, 0.2) is 0 Å². The van der Waals surface area contributed by atoms with Gasteiger partial charge in [-0.3, -0.25) is 10.1 Å². The summed E-state index contributed by atoms with van der Waals surface area (Å²) in [5.41, 5.74) is 0.815. The fourth-order valence-corrected chi connectivity index (χ4v) is 1.98. The molecule has 0 fully saturated rings.